The molecule has 1 fully saturated rings. The van der Waals surface area contributed by atoms with Gasteiger partial charge in [-0.05, 0) is 31.4 Å². The van der Waals surface area contributed by atoms with Gasteiger partial charge in [-0.3, -0.25) is 9.79 Å². The molecule has 0 aromatic heterocycles. The average molecular weight is 342 g/mol. The smallest absolute Gasteiger partial charge is 0.252 e. The summed E-state index contributed by atoms with van der Waals surface area (Å²) in [5, 5.41) is 0. The summed E-state index contributed by atoms with van der Waals surface area (Å²) < 4.78 is 14.1. The van der Waals surface area contributed by atoms with Crippen molar-refractivity contribution in [2.24, 2.45) is 10.9 Å². The number of benzene rings is 1. The lowest BCUT2D eigenvalue weighted by Crippen LogP contribution is -2.34. The van der Waals surface area contributed by atoms with Crippen LogP contribution in [0.15, 0.2) is 40.9 Å². The first-order chi connectivity index (χ1) is 12.1. The number of aliphatic imine (C=N–C) groups is 1. The van der Waals surface area contributed by atoms with Gasteiger partial charge in [-0.2, -0.15) is 0 Å². The van der Waals surface area contributed by atoms with Crippen molar-refractivity contribution in [1.29, 1.82) is 0 Å². The van der Waals surface area contributed by atoms with Crippen molar-refractivity contribution in [3.8, 4) is 0 Å². The zero-order valence-electron chi connectivity index (χ0n) is 15.0. The molecule has 0 N–H and O–H groups in total. The van der Waals surface area contributed by atoms with Crippen LogP contribution in [0.3, 0.4) is 0 Å². The van der Waals surface area contributed by atoms with E-state index in [9.17, 15) is 9.18 Å². The molecule has 1 heterocycles. The third-order valence-corrected chi connectivity index (χ3v) is 5.29. The van der Waals surface area contributed by atoms with Gasteiger partial charge in [-0.25, -0.2) is 4.39 Å². The SMILES string of the molecule is CC1=NCC(C(=O)N(CCC2CCCCC2)Cc2ccccc2F)=C1. The van der Waals surface area contributed by atoms with Gasteiger partial charge >= 0.3 is 0 Å². The van der Waals surface area contributed by atoms with Gasteiger partial charge in [-0.1, -0.05) is 50.3 Å². The molecule has 0 atom stereocenters. The predicted octanol–water partition coefficient (Wildman–Crippen LogP) is 4.53. The zero-order chi connectivity index (χ0) is 17.6. The quantitative estimate of drug-likeness (QED) is 0.748. The number of hydrogen-bond donors (Lipinski definition) is 0. The summed E-state index contributed by atoms with van der Waals surface area (Å²) in [7, 11) is 0. The van der Waals surface area contributed by atoms with Crippen LogP contribution in [0.25, 0.3) is 0 Å². The van der Waals surface area contributed by atoms with Crippen molar-refractivity contribution in [2.45, 2.75) is 52.0 Å². The summed E-state index contributed by atoms with van der Waals surface area (Å²) in [4.78, 5) is 19.1. The van der Waals surface area contributed by atoms with Crippen LogP contribution in [0.4, 0.5) is 4.39 Å². The summed E-state index contributed by atoms with van der Waals surface area (Å²) in [6.45, 7) is 3.37. The Morgan fingerprint density at radius 3 is 2.68 bits per heavy atom. The number of carbonyl (C=O) groups is 1. The minimum absolute atomic E-state index is 0.000312. The number of allylic oxidation sites excluding steroid dienone is 1. The fourth-order valence-electron chi connectivity index (χ4n) is 3.78. The summed E-state index contributed by atoms with van der Waals surface area (Å²) in [5.41, 5.74) is 2.19. The topological polar surface area (TPSA) is 32.7 Å². The molecule has 1 aromatic rings. The molecule has 1 aromatic carbocycles. The molecule has 25 heavy (non-hydrogen) atoms. The molecule has 0 radical (unpaired) electrons. The largest absolute Gasteiger partial charge is 0.334 e. The Hall–Kier alpha value is -1.97. The molecular weight excluding hydrogens is 315 g/mol. The molecule has 0 saturated heterocycles. The average Bonchev–Trinajstić information content (AvgIpc) is 3.07. The van der Waals surface area contributed by atoms with Crippen molar-refractivity contribution in [1.82, 2.24) is 4.90 Å². The van der Waals surface area contributed by atoms with Gasteiger partial charge in [0.15, 0.2) is 0 Å². The first kappa shape index (κ1) is 17.8. The van der Waals surface area contributed by atoms with Gasteiger partial charge in [0.25, 0.3) is 5.91 Å². The molecule has 1 saturated carbocycles. The van der Waals surface area contributed by atoms with Crippen LogP contribution >= 0.6 is 0 Å². The molecule has 3 nitrogen and oxygen atoms in total. The van der Waals surface area contributed by atoms with Crippen molar-refractivity contribution in [3.63, 3.8) is 0 Å². The summed E-state index contributed by atoms with van der Waals surface area (Å²) in [6, 6.07) is 6.73. The molecule has 0 bridgehead atoms. The number of carbonyl (C=O) groups excluding carboxylic acids is 1. The van der Waals surface area contributed by atoms with Gasteiger partial charge in [0.2, 0.25) is 0 Å². The number of rotatable bonds is 6. The first-order valence-corrected chi connectivity index (χ1v) is 9.38. The number of nitrogens with zero attached hydrogens (tertiary/aromatic N) is 2. The van der Waals surface area contributed by atoms with Gasteiger partial charge in [0, 0.05) is 29.9 Å². The van der Waals surface area contributed by atoms with Crippen LogP contribution in [0, 0.1) is 11.7 Å². The number of halogens is 1. The van der Waals surface area contributed by atoms with Crippen molar-refractivity contribution in [3.05, 3.63) is 47.3 Å². The van der Waals surface area contributed by atoms with Crippen LogP contribution in [0.5, 0.6) is 0 Å². The maximum atomic E-state index is 14.1. The molecule has 3 rings (SSSR count). The molecule has 134 valence electrons. The fourth-order valence-corrected chi connectivity index (χ4v) is 3.78. The lowest BCUT2D eigenvalue weighted by molar-refractivity contribution is -0.128. The van der Waals surface area contributed by atoms with E-state index >= 15 is 0 Å². The molecular formula is C21H27FN2O. The molecule has 1 aliphatic carbocycles. The van der Waals surface area contributed by atoms with Gasteiger partial charge in [0.05, 0.1) is 6.54 Å². The molecule has 0 spiro atoms. The Morgan fingerprint density at radius 2 is 2.00 bits per heavy atom. The van der Waals surface area contributed by atoms with Crippen LogP contribution in [0.1, 0.15) is 51.0 Å². The van der Waals surface area contributed by atoms with Crippen LogP contribution in [-0.4, -0.2) is 29.6 Å². The van der Waals surface area contributed by atoms with E-state index in [4.69, 9.17) is 0 Å². The van der Waals surface area contributed by atoms with E-state index < -0.39 is 0 Å². The van der Waals surface area contributed by atoms with E-state index in [-0.39, 0.29) is 11.7 Å². The third kappa shape index (κ3) is 4.77. The van der Waals surface area contributed by atoms with E-state index in [1.807, 2.05) is 24.0 Å². The van der Waals surface area contributed by atoms with E-state index in [0.717, 1.165) is 17.7 Å². The van der Waals surface area contributed by atoms with Crippen molar-refractivity contribution >= 4 is 11.6 Å². The Labute approximate surface area is 149 Å². The Bertz CT molecular complexity index is 674. The minimum atomic E-state index is -0.245. The zero-order valence-corrected chi connectivity index (χ0v) is 15.0. The Kier molecular flexibility index (Phi) is 6.00. The van der Waals surface area contributed by atoms with Gasteiger partial charge < -0.3 is 4.90 Å². The van der Waals surface area contributed by atoms with Crippen molar-refractivity contribution in [2.75, 3.05) is 13.1 Å². The van der Waals surface area contributed by atoms with E-state index in [1.54, 1.807) is 12.1 Å². The van der Waals surface area contributed by atoms with Gasteiger partial charge in [-0.15, -0.1) is 0 Å². The highest BCUT2D eigenvalue weighted by atomic mass is 19.1. The summed E-state index contributed by atoms with van der Waals surface area (Å²) in [6.07, 6.45) is 9.30. The monoisotopic (exact) mass is 342 g/mol. The summed E-state index contributed by atoms with van der Waals surface area (Å²) >= 11 is 0. The van der Waals surface area contributed by atoms with E-state index in [1.165, 1.54) is 38.2 Å². The van der Waals surface area contributed by atoms with Gasteiger partial charge in [0.1, 0.15) is 5.82 Å². The third-order valence-electron chi connectivity index (χ3n) is 5.29. The maximum Gasteiger partial charge on any atom is 0.252 e. The number of amides is 1. The second-order valence-electron chi connectivity index (χ2n) is 7.24. The second kappa shape index (κ2) is 8.41. The maximum absolute atomic E-state index is 14.1. The molecule has 1 aliphatic heterocycles. The Balaban J connectivity index is 1.69. The van der Waals surface area contributed by atoms with Crippen LogP contribution < -0.4 is 0 Å². The predicted molar refractivity (Wildman–Crippen MR) is 99.1 cm³/mol. The minimum Gasteiger partial charge on any atom is -0.334 e. The molecule has 2 aliphatic rings. The highest BCUT2D eigenvalue weighted by Crippen LogP contribution is 2.27. The lowest BCUT2D eigenvalue weighted by Gasteiger charge is -2.27. The first-order valence-electron chi connectivity index (χ1n) is 9.38. The van der Waals surface area contributed by atoms with E-state index in [0.29, 0.717) is 31.1 Å². The van der Waals surface area contributed by atoms with E-state index in [2.05, 4.69) is 4.99 Å². The number of hydrogen-bond acceptors (Lipinski definition) is 2. The lowest BCUT2D eigenvalue weighted by atomic mass is 9.87. The Morgan fingerprint density at radius 1 is 1.24 bits per heavy atom. The summed E-state index contributed by atoms with van der Waals surface area (Å²) in [5.74, 6) is 0.450. The molecule has 1 amide bonds. The van der Waals surface area contributed by atoms with Crippen LogP contribution in [0.2, 0.25) is 0 Å². The normalized spacial score (nSPS) is 18.0. The second-order valence-corrected chi connectivity index (χ2v) is 7.24. The molecule has 0 unspecified atom stereocenters. The molecule has 4 heteroatoms. The highest BCUT2D eigenvalue weighted by Gasteiger charge is 2.23. The van der Waals surface area contributed by atoms with Crippen molar-refractivity contribution < 1.29 is 9.18 Å². The fraction of sp³-hybridized carbons (Fsp3) is 0.524. The standard InChI is InChI=1S/C21H27FN2O/c1-16-13-19(14-23-16)21(25)24(12-11-17-7-3-2-4-8-17)15-18-9-5-6-10-20(18)22/h5-6,9-10,13,17H,2-4,7-8,11-12,14-15H2,1H3. The highest BCUT2D eigenvalue weighted by molar-refractivity contribution is 6.06. The van der Waals surface area contributed by atoms with Crippen LogP contribution in [-0.2, 0) is 11.3 Å².